The summed E-state index contributed by atoms with van der Waals surface area (Å²) >= 11 is 0. The molecule has 1 fully saturated rings. The Labute approximate surface area is 226 Å². The molecule has 1 aromatic carbocycles. The SMILES string of the molecule is CC(C)(C)OC(=O)NCCOCCOCCOCCNc1ccc2c(c1)C(=O)N(C1CCC(=O)NC1=O)C2=O. The number of piperidine rings is 1. The van der Waals surface area contributed by atoms with Crippen molar-refractivity contribution in [1.29, 1.82) is 0 Å². The lowest BCUT2D eigenvalue weighted by Gasteiger charge is -2.27. The average Bonchev–Trinajstić information content (AvgIpc) is 3.10. The second-order valence-electron chi connectivity index (χ2n) is 9.90. The number of carbonyl (C=O) groups excluding carboxylic acids is 5. The Kier molecular flexibility index (Phi) is 10.8. The number of rotatable bonds is 14. The van der Waals surface area contributed by atoms with E-state index in [2.05, 4.69) is 16.0 Å². The first-order valence-electron chi connectivity index (χ1n) is 12.9. The Morgan fingerprint density at radius 3 is 2.18 bits per heavy atom. The number of imide groups is 2. The van der Waals surface area contributed by atoms with Crippen molar-refractivity contribution >= 4 is 35.4 Å². The van der Waals surface area contributed by atoms with Gasteiger partial charge < -0.3 is 29.6 Å². The van der Waals surface area contributed by atoms with E-state index in [1.165, 1.54) is 0 Å². The van der Waals surface area contributed by atoms with Crippen LogP contribution in [0, 0.1) is 0 Å². The van der Waals surface area contributed by atoms with E-state index in [0.29, 0.717) is 58.4 Å². The van der Waals surface area contributed by atoms with Crippen LogP contribution < -0.4 is 16.0 Å². The molecule has 0 saturated carbocycles. The Morgan fingerprint density at radius 2 is 1.54 bits per heavy atom. The van der Waals surface area contributed by atoms with E-state index < -0.39 is 41.4 Å². The molecule has 3 rings (SSSR count). The smallest absolute Gasteiger partial charge is 0.407 e. The molecule has 1 atom stereocenters. The number of anilines is 1. The van der Waals surface area contributed by atoms with E-state index >= 15 is 0 Å². The molecule has 13 nitrogen and oxygen atoms in total. The lowest BCUT2D eigenvalue weighted by molar-refractivity contribution is -0.136. The predicted molar refractivity (Wildman–Crippen MR) is 138 cm³/mol. The van der Waals surface area contributed by atoms with Crippen molar-refractivity contribution in [2.24, 2.45) is 0 Å². The van der Waals surface area contributed by atoms with Gasteiger partial charge in [0.25, 0.3) is 11.8 Å². The van der Waals surface area contributed by atoms with E-state index in [-0.39, 0.29) is 24.0 Å². The highest BCUT2D eigenvalue weighted by molar-refractivity contribution is 6.23. The van der Waals surface area contributed by atoms with Crippen LogP contribution in [-0.2, 0) is 28.5 Å². The molecular formula is C26H36N4O9. The highest BCUT2D eigenvalue weighted by atomic mass is 16.6. The van der Waals surface area contributed by atoms with Crippen LogP contribution in [0.15, 0.2) is 18.2 Å². The molecule has 2 heterocycles. The first kappa shape index (κ1) is 30.0. The van der Waals surface area contributed by atoms with Crippen LogP contribution in [-0.4, -0.2) is 99.0 Å². The Morgan fingerprint density at radius 1 is 0.923 bits per heavy atom. The second-order valence-corrected chi connectivity index (χ2v) is 9.90. The fourth-order valence-corrected chi connectivity index (χ4v) is 3.93. The molecule has 0 bridgehead atoms. The van der Waals surface area contributed by atoms with Gasteiger partial charge in [0.05, 0.1) is 50.8 Å². The Balaban J connectivity index is 1.25. The topological polar surface area (TPSA) is 162 Å². The molecule has 214 valence electrons. The van der Waals surface area contributed by atoms with Crippen LogP contribution in [0.5, 0.6) is 0 Å². The summed E-state index contributed by atoms with van der Waals surface area (Å²) in [6.45, 7) is 8.50. The summed E-state index contributed by atoms with van der Waals surface area (Å²) in [5.74, 6) is -2.14. The number of nitrogens with one attached hydrogen (secondary N) is 3. The molecule has 5 amide bonds. The summed E-state index contributed by atoms with van der Waals surface area (Å²) in [7, 11) is 0. The van der Waals surface area contributed by atoms with Gasteiger partial charge in [-0.1, -0.05) is 0 Å². The normalized spacial score (nSPS) is 17.2. The monoisotopic (exact) mass is 548 g/mol. The number of ether oxygens (including phenoxy) is 4. The molecule has 3 N–H and O–H groups in total. The summed E-state index contributed by atoms with van der Waals surface area (Å²) in [4.78, 5) is 61.6. The number of carbonyl (C=O) groups is 5. The van der Waals surface area contributed by atoms with Crippen molar-refractivity contribution < 1.29 is 42.9 Å². The zero-order valence-electron chi connectivity index (χ0n) is 22.5. The number of hydrogen-bond donors (Lipinski definition) is 3. The molecular weight excluding hydrogens is 512 g/mol. The van der Waals surface area contributed by atoms with Crippen molar-refractivity contribution in [3.63, 3.8) is 0 Å². The van der Waals surface area contributed by atoms with E-state index in [9.17, 15) is 24.0 Å². The van der Waals surface area contributed by atoms with Crippen LogP contribution in [0.4, 0.5) is 10.5 Å². The molecule has 13 heteroatoms. The van der Waals surface area contributed by atoms with Crippen molar-refractivity contribution in [2.75, 3.05) is 58.0 Å². The van der Waals surface area contributed by atoms with Crippen LogP contribution >= 0.6 is 0 Å². The zero-order valence-corrected chi connectivity index (χ0v) is 22.5. The summed E-state index contributed by atoms with van der Waals surface area (Å²) in [6.07, 6.45) is -0.294. The van der Waals surface area contributed by atoms with E-state index in [0.717, 1.165) is 4.90 Å². The molecule has 2 aliphatic rings. The largest absolute Gasteiger partial charge is 0.444 e. The van der Waals surface area contributed by atoms with Gasteiger partial charge in [-0.05, 0) is 45.4 Å². The maximum absolute atomic E-state index is 12.9. The van der Waals surface area contributed by atoms with Crippen molar-refractivity contribution in [2.45, 2.75) is 45.3 Å². The third kappa shape index (κ3) is 9.01. The minimum absolute atomic E-state index is 0.0739. The Hall–Kier alpha value is -3.55. The predicted octanol–water partition coefficient (Wildman–Crippen LogP) is 1.07. The molecule has 0 spiro atoms. The lowest BCUT2D eigenvalue weighted by Crippen LogP contribution is -2.54. The Bertz CT molecular complexity index is 1070. The lowest BCUT2D eigenvalue weighted by atomic mass is 10.0. The van der Waals surface area contributed by atoms with Gasteiger partial charge in [-0.25, -0.2) is 4.79 Å². The molecule has 0 radical (unpaired) electrons. The van der Waals surface area contributed by atoms with Gasteiger partial charge in [0, 0.05) is 25.2 Å². The number of nitrogens with zero attached hydrogens (tertiary/aromatic N) is 1. The van der Waals surface area contributed by atoms with Gasteiger partial charge in [0.1, 0.15) is 11.6 Å². The standard InChI is InChI=1S/C26H36N4O9/c1-26(2,3)39-25(35)28-9-11-37-13-15-38-14-12-36-10-8-27-17-4-5-18-19(16-17)24(34)30(23(18)33)20-6-7-21(31)29-22(20)32/h4-5,16,20,27H,6-15H2,1-3H3,(H,28,35)(H,29,31,32). The molecule has 0 aromatic heterocycles. The van der Waals surface area contributed by atoms with Gasteiger partial charge in [0.15, 0.2) is 0 Å². The minimum Gasteiger partial charge on any atom is -0.444 e. The molecule has 1 unspecified atom stereocenters. The summed E-state index contributed by atoms with van der Waals surface area (Å²) in [6, 6.07) is 3.82. The second kappa shape index (κ2) is 14.0. The number of amides is 5. The summed E-state index contributed by atoms with van der Waals surface area (Å²) in [5.41, 5.74) is 0.543. The van der Waals surface area contributed by atoms with Gasteiger partial charge in [-0.2, -0.15) is 0 Å². The van der Waals surface area contributed by atoms with Crippen molar-refractivity contribution in [1.82, 2.24) is 15.5 Å². The number of fused-ring (bicyclic) bond motifs is 1. The summed E-state index contributed by atoms with van der Waals surface area (Å²) in [5, 5.41) is 7.92. The highest BCUT2D eigenvalue weighted by Crippen LogP contribution is 2.29. The summed E-state index contributed by atoms with van der Waals surface area (Å²) < 4.78 is 21.5. The zero-order chi connectivity index (χ0) is 28.4. The van der Waals surface area contributed by atoms with Crippen molar-refractivity contribution in [3.8, 4) is 0 Å². The van der Waals surface area contributed by atoms with E-state index in [4.69, 9.17) is 18.9 Å². The van der Waals surface area contributed by atoms with Gasteiger partial charge in [-0.15, -0.1) is 0 Å². The number of hydrogen-bond acceptors (Lipinski definition) is 10. The minimum atomic E-state index is -0.991. The fraction of sp³-hybridized carbons (Fsp3) is 0.577. The fourth-order valence-electron chi connectivity index (χ4n) is 3.93. The van der Waals surface area contributed by atoms with Crippen LogP contribution in [0.1, 0.15) is 54.3 Å². The number of alkyl carbamates (subject to hydrolysis) is 1. The van der Waals surface area contributed by atoms with Gasteiger partial charge in [-0.3, -0.25) is 29.4 Å². The van der Waals surface area contributed by atoms with Gasteiger partial charge >= 0.3 is 6.09 Å². The molecule has 1 saturated heterocycles. The first-order valence-corrected chi connectivity index (χ1v) is 12.9. The molecule has 39 heavy (non-hydrogen) atoms. The molecule has 0 aliphatic carbocycles. The van der Waals surface area contributed by atoms with Crippen molar-refractivity contribution in [3.05, 3.63) is 29.3 Å². The third-order valence-electron chi connectivity index (χ3n) is 5.67. The van der Waals surface area contributed by atoms with Crippen LogP contribution in [0.25, 0.3) is 0 Å². The maximum Gasteiger partial charge on any atom is 0.407 e. The maximum atomic E-state index is 12.9. The first-order chi connectivity index (χ1) is 18.6. The molecule has 2 aliphatic heterocycles. The van der Waals surface area contributed by atoms with Crippen LogP contribution in [0.3, 0.4) is 0 Å². The quantitative estimate of drug-likeness (QED) is 0.227. The van der Waals surface area contributed by atoms with E-state index in [1.807, 2.05) is 0 Å². The average molecular weight is 549 g/mol. The third-order valence-corrected chi connectivity index (χ3v) is 5.67. The molecule has 1 aromatic rings. The van der Waals surface area contributed by atoms with E-state index in [1.54, 1.807) is 39.0 Å². The van der Waals surface area contributed by atoms with Gasteiger partial charge in [0.2, 0.25) is 11.8 Å². The van der Waals surface area contributed by atoms with Crippen LogP contribution in [0.2, 0.25) is 0 Å². The highest BCUT2D eigenvalue weighted by Gasteiger charge is 2.44. The number of benzene rings is 1.